The zero-order chi connectivity index (χ0) is 13.5. The van der Waals surface area contributed by atoms with Crippen molar-refractivity contribution in [2.75, 3.05) is 0 Å². The van der Waals surface area contributed by atoms with Crippen LogP contribution < -0.4 is 4.74 Å². The molecule has 96 valence electrons. The third kappa shape index (κ3) is 6.32. The molecule has 17 heavy (non-hydrogen) atoms. The second kappa shape index (κ2) is 7.33. The van der Waals surface area contributed by atoms with Gasteiger partial charge in [-0.3, -0.25) is 4.79 Å². The van der Waals surface area contributed by atoms with Gasteiger partial charge in [0.05, 0.1) is 0 Å². The van der Waals surface area contributed by atoms with Crippen molar-refractivity contribution in [2.24, 2.45) is 0 Å². The zero-order valence-electron chi connectivity index (χ0n) is 11.2. The van der Waals surface area contributed by atoms with E-state index in [2.05, 4.69) is 13.8 Å². The van der Waals surface area contributed by atoms with Crippen molar-refractivity contribution in [3.8, 4) is 5.75 Å². The van der Waals surface area contributed by atoms with Crippen LogP contribution in [0.15, 0.2) is 24.3 Å². The molecule has 0 fully saturated rings. The van der Waals surface area contributed by atoms with Crippen molar-refractivity contribution in [3.05, 3.63) is 29.3 Å². The molecule has 1 aromatic rings. The van der Waals surface area contributed by atoms with Gasteiger partial charge in [-0.25, -0.2) is 0 Å². The zero-order valence-corrected chi connectivity index (χ0v) is 12.0. The summed E-state index contributed by atoms with van der Waals surface area (Å²) in [5.74, 6) is 0.641. The van der Waals surface area contributed by atoms with E-state index in [0.717, 1.165) is 0 Å². The number of carbonyl (C=O) groups excluding carboxylic acids is 1. The van der Waals surface area contributed by atoms with E-state index in [4.69, 9.17) is 16.3 Å². The number of ether oxygens (including phenoxy) is 1. The monoisotopic (exact) mass is 256 g/mol. The molecule has 0 aromatic heterocycles. The Morgan fingerprint density at radius 2 is 1.65 bits per heavy atom. The number of hydrogen-bond acceptors (Lipinski definition) is 2. The van der Waals surface area contributed by atoms with Gasteiger partial charge in [-0.05, 0) is 45.0 Å². The first-order chi connectivity index (χ1) is 7.83. The number of ketones is 1. The first-order valence-electron chi connectivity index (χ1n) is 5.79. The van der Waals surface area contributed by atoms with Gasteiger partial charge >= 0.3 is 0 Å². The van der Waals surface area contributed by atoms with E-state index in [1.807, 2.05) is 0 Å². The number of rotatable bonds is 3. The SMILES string of the molecule is CC(=O)C(C)(C)Oc1ccc(Cl)cc1.CCC. The molecule has 0 saturated carbocycles. The lowest BCUT2D eigenvalue weighted by molar-refractivity contribution is -0.129. The van der Waals surface area contributed by atoms with Crippen LogP contribution in [0.3, 0.4) is 0 Å². The van der Waals surface area contributed by atoms with E-state index in [0.29, 0.717) is 10.8 Å². The largest absolute Gasteiger partial charge is 0.480 e. The molecule has 3 heteroatoms. The summed E-state index contributed by atoms with van der Waals surface area (Å²) in [5, 5.41) is 0.651. The fourth-order valence-corrected chi connectivity index (χ4v) is 0.995. The summed E-state index contributed by atoms with van der Waals surface area (Å²) in [5.41, 5.74) is -0.784. The summed E-state index contributed by atoms with van der Waals surface area (Å²) in [4.78, 5) is 11.2. The minimum absolute atomic E-state index is 0.00699. The topological polar surface area (TPSA) is 26.3 Å². The number of hydrogen-bond donors (Lipinski definition) is 0. The summed E-state index contributed by atoms with van der Waals surface area (Å²) in [6.45, 7) is 9.24. The second-order valence-corrected chi connectivity index (χ2v) is 4.77. The van der Waals surface area contributed by atoms with Crippen molar-refractivity contribution in [3.63, 3.8) is 0 Å². The van der Waals surface area contributed by atoms with Crippen molar-refractivity contribution in [2.45, 2.75) is 46.6 Å². The Hall–Kier alpha value is -1.02. The first-order valence-corrected chi connectivity index (χ1v) is 6.16. The third-order valence-corrected chi connectivity index (χ3v) is 2.29. The Bertz CT molecular complexity index is 342. The van der Waals surface area contributed by atoms with E-state index < -0.39 is 5.60 Å². The third-order valence-electron chi connectivity index (χ3n) is 2.03. The number of benzene rings is 1. The quantitative estimate of drug-likeness (QED) is 0.796. The molecular weight excluding hydrogens is 236 g/mol. The fourth-order valence-electron chi connectivity index (χ4n) is 0.869. The normalized spacial score (nSPS) is 10.2. The summed E-state index contributed by atoms with van der Waals surface area (Å²) >= 11 is 5.72. The second-order valence-electron chi connectivity index (χ2n) is 4.33. The van der Waals surface area contributed by atoms with Crippen LogP contribution >= 0.6 is 11.6 Å². The summed E-state index contributed by atoms with van der Waals surface area (Å²) in [7, 11) is 0. The molecule has 0 spiro atoms. The molecule has 2 nitrogen and oxygen atoms in total. The first kappa shape index (κ1) is 16.0. The van der Waals surface area contributed by atoms with Crippen LogP contribution in [0.2, 0.25) is 5.02 Å². The Balaban J connectivity index is 0.000000770. The van der Waals surface area contributed by atoms with Gasteiger partial charge in [0.2, 0.25) is 0 Å². The molecule has 0 saturated heterocycles. The maximum absolute atomic E-state index is 11.2. The molecule has 0 atom stereocenters. The number of Topliss-reactive ketones (excluding diaryl/α,β-unsaturated/α-hetero) is 1. The maximum atomic E-state index is 11.2. The van der Waals surface area contributed by atoms with Crippen LogP contribution in [-0.2, 0) is 4.79 Å². The molecule has 0 unspecified atom stereocenters. The van der Waals surface area contributed by atoms with Crippen LogP contribution in [0.4, 0.5) is 0 Å². The molecule has 0 bridgehead atoms. The lowest BCUT2D eigenvalue weighted by Crippen LogP contribution is -2.36. The van der Waals surface area contributed by atoms with Gasteiger partial charge in [-0.2, -0.15) is 0 Å². The molecule has 0 N–H and O–H groups in total. The lowest BCUT2D eigenvalue weighted by atomic mass is 10.1. The van der Waals surface area contributed by atoms with E-state index in [9.17, 15) is 4.79 Å². The highest BCUT2D eigenvalue weighted by molar-refractivity contribution is 6.30. The van der Waals surface area contributed by atoms with E-state index in [1.54, 1.807) is 38.1 Å². The molecule has 0 radical (unpaired) electrons. The average molecular weight is 257 g/mol. The highest BCUT2D eigenvalue weighted by atomic mass is 35.5. The predicted octanol–water partition coefficient (Wildman–Crippen LogP) is 4.50. The van der Waals surface area contributed by atoms with Crippen LogP contribution in [0, 0.1) is 0 Å². The van der Waals surface area contributed by atoms with Crippen LogP contribution in [0.1, 0.15) is 41.0 Å². The van der Waals surface area contributed by atoms with Gasteiger partial charge in [-0.15, -0.1) is 0 Å². The fraction of sp³-hybridized carbons (Fsp3) is 0.500. The lowest BCUT2D eigenvalue weighted by Gasteiger charge is -2.23. The van der Waals surface area contributed by atoms with E-state index in [1.165, 1.54) is 13.3 Å². The molecule has 1 rings (SSSR count). The maximum Gasteiger partial charge on any atom is 0.172 e. The standard InChI is InChI=1S/C11H13ClO2.C3H8/c1-8(13)11(2,3)14-10-6-4-9(12)5-7-10;1-3-2/h4-7H,1-3H3;3H2,1-2H3. The van der Waals surface area contributed by atoms with Crippen LogP contribution in [0.5, 0.6) is 5.75 Å². The van der Waals surface area contributed by atoms with Gasteiger partial charge < -0.3 is 4.74 Å². The van der Waals surface area contributed by atoms with Crippen LogP contribution in [0.25, 0.3) is 0 Å². The highest BCUT2D eigenvalue weighted by Crippen LogP contribution is 2.21. The van der Waals surface area contributed by atoms with Gasteiger partial charge in [0, 0.05) is 5.02 Å². The van der Waals surface area contributed by atoms with Gasteiger partial charge in [0.25, 0.3) is 0 Å². The minimum atomic E-state index is -0.784. The molecule has 0 aliphatic carbocycles. The molecule has 0 aliphatic heterocycles. The molecule has 1 aromatic carbocycles. The van der Waals surface area contributed by atoms with E-state index >= 15 is 0 Å². The summed E-state index contributed by atoms with van der Waals surface area (Å²) in [6, 6.07) is 6.94. The Morgan fingerprint density at radius 3 is 2.00 bits per heavy atom. The van der Waals surface area contributed by atoms with Crippen molar-refractivity contribution >= 4 is 17.4 Å². The Morgan fingerprint density at radius 1 is 1.24 bits per heavy atom. The molecule has 0 amide bonds. The average Bonchev–Trinajstić information content (AvgIpc) is 2.22. The number of carbonyl (C=O) groups is 1. The Kier molecular flexibility index (Phi) is 6.89. The summed E-state index contributed by atoms with van der Waals surface area (Å²) < 4.78 is 5.51. The van der Waals surface area contributed by atoms with Gasteiger partial charge in [-0.1, -0.05) is 31.9 Å². The van der Waals surface area contributed by atoms with Crippen molar-refractivity contribution < 1.29 is 9.53 Å². The summed E-state index contributed by atoms with van der Waals surface area (Å²) in [6.07, 6.45) is 1.25. The van der Waals surface area contributed by atoms with Crippen LogP contribution in [-0.4, -0.2) is 11.4 Å². The van der Waals surface area contributed by atoms with Crippen molar-refractivity contribution in [1.82, 2.24) is 0 Å². The Labute approximate surface area is 109 Å². The van der Waals surface area contributed by atoms with Gasteiger partial charge in [0.1, 0.15) is 5.75 Å². The highest BCUT2D eigenvalue weighted by Gasteiger charge is 2.25. The van der Waals surface area contributed by atoms with Gasteiger partial charge in [0.15, 0.2) is 11.4 Å². The molecular formula is C14H21ClO2. The van der Waals surface area contributed by atoms with Crippen molar-refractivity contribution in [1.29, 1.82) is 0 Å². The predicted molar refractivity (Wildman–Crippen MR) is 72.8 cm³/mol. The molecule has 0 aliphatic rings. The smallest absolute Gasteiger partial charge is 0.172 e. The molecule has 0 heterocycles. The van der Waals surface area contributed by atoms with E-state index in [-0.39, 0.29) is 5.78 Å². The number of halogens is 1. The minimum Gasteiger partial charge on any atom is -0.480 e.